The molecular weight excluding hydrogens is 213 g/mol. The molecular formula is C13H10F3. The van der Waals surface area contributed by atoms with Gasteiger partial charge in [-0.3, -0.25) is 0 Å². The molecule has 0 heterocycles. The lowest BCUT2D eigenvalue weighted by atomic mass is 9.91. The Hall–Kier alpha value is -1.51. The van der Waals surface area contributed by atoms with Crippen LogP contribution in [0.1, 0.15) is 12.0 Å². The average molecular weight is 223 g/mol. The number of alkyl halides is 3. The molecule has 0 spiro atoms. The Morgan fingerprint density at radius 1 is 1.00 bits per heavy atom. The van der Waals surface area contributed by atoms with Crippen molar-refractivity contribution in [1.29, 1.82) is 0 Å². The van der Waals surface area contributed by atoms with Crippen molar-refractivity contribution in [2.24, 2.45) is 0 Å². The summed E-state index contributed by atoms with van der Waals surface area (Å²) in [5, 5.41) is 0. The Kier molecular flexibility index (Phi) is 2.86. The zero-order valence-corrected chi connectivity index (χ0v) is 8.46. The fourth-order valence-electron chi connectivity index (χ4n) is 1.71. The second-order valence-electron chi connectivity index (χ2n) is 3.53. The number of hydrogen-bond acceptors (Lipinski definition) is 0. The lowest BCUT2D eigenvalue weighted by Crippen LogP contribution is -2.15. The van der Waals surface area contributed by atoms with Gasteiger partial charge in [0.2, 0.25) is 0 Å². The molecule has 2 rings (SSSR count). The normalized spacial score (nSPS) is 16.7. The highest BCUT2D eigenvalue weighted by Gasteiger charge is 2.36. The van der Waals surface area contributed by atoms with Gasteiger partial charge < -0.3 is 0 Å². The molecule has 3 heteroatoms. The second-order valence-corrected chi connectivity index (χ2v) is 3.53. The van der Waals surface area contributed by atoms with Gasteiger partial charge in [0, 0.05) is 0 Å². The summed E-state index contributed by atoms with van der Waals surface area (Å²) in [6.07, 6.45) is 0.540. The van der Waals surface area contributed by atoms with Crippen molar-refractivity contribution >= 4 is 5.57 Å². The first-order valence-electron chi connectivity index (χ1n) is 4.95. The minimum Gasteiger partial charge on any atom is -0.166 e. The molecule has 1 aliphatic carbocycles. The van der Waals surface area contributed by atoms with E-state index < -0.39 is 11.7 Å². The first kappa shape index (κ1) is 11.0. The van der Waals surface area contributed by atoms with Crippen LogP contribution in [-0.2, 0) is 0 Å². The van der Waals surface area contributed by atoms with E-state index in [1.807, 2.05) is 0 Å². The van der Waals surface area contributed by atoms with Gasteiger partial charge in [0.15, 0.2) is 0 Å². The van der Waals surface area contributed by atoms with Gasteiger partial charge >= 0.3 is 6.18 Å². The Labute approximate surface area is 92.1 Å². The van der Waals surface area contributed by atoms with Gasteiger partial charge in [-0.05, 0) is 24.0 Å². The van der Waals surface area contributed by atoms with Crippen molar-refractivity contribution in [3.05, 3.63) is 60.0 Å². The Bertz CT molecular complexity index is 424. The Morgan fingerprint density at radius 2 is 1.69 bits per heavy atom. The predicted molar refractivity (Wildman–Crippen MR) is 57.5 cm³/mol. The summed E-state index contributed by atoms with van der Waals surface area (Å²) >= 11 is 0. The summed E-state index contributed by atoms with van der Waals surface area (Å²) in [7, 11) is 0. The van der Waals surface area contributed by atoms with Crippen LogP contribution in [0.15, 0.2) is 48.1 Å². The third-order valence-corrected chi connectivity index (χ3v) is 2.42. The maximum absolute atomic E-state index is 12.7. The lowest BCUT2D eigenvalue weighted by molar-refractivity contribution is -0.0872. The third-order valence-electron chi connectivity index (χ3n) is 2.42. The number of hydrogen-bond donors (Lipinski definition) is 0. The maximum atomic E-state index is 12.7. The molecule has 1 aromatic rings. The van der Waals surface area contributed by atoms with Gasteiger partial charge in [-0.1, -0.05) is 42.5 Å². The van der Waals surface area contributed by atoms with Crippen LogP contribution in [0.4, 0.5) is 13.2 Å². The van der Waals surface area contributed by atoms with E-state index in [-0.39, 0.29) is 5.57 Å². The number of halogens is 3. The summed E-state index contributed by atoms with van der Waals surface area (Å²) in [6, 6.07) is 8.65. The maximum Gasteiger partial charge on any atom is 0.416 e. The standard InChI is InChI=1S/C13H10F3/c14-13(15,16)12-9-5-4-8-11(12)10-6-2-1-3-7-10/h1-3,5-9H,4H2. The van der Waals surface area contributed by atoms with Crippen LogP contribution in [-0.4, -0.2) is 6.18 Å². The molecule has 0 unspecified atom stereocenters. The number of rotatable bonds is 1. The Balaban J connectivity index is 2.41. The molecule has 0 N–H and O–H groups in total. The molecule has 1 aliphatic rings. The molecule has 0 saturated carbocycles. The summed E-state index contributed by atoms with van der Waals surface area (Å²) in [5.41, 5.74) is 0.319. The van der Waals surface area contributed by atoms with Gasteiger partial charge in [-0.15, -0.1) is 0 Å². The summed E-state index contributed by atoms with van der Waals surface area (Å²) < 4.78 is 38.2. The highest BCUT2D eigenvalue weighted by Crippen LogP contribution is 2.38. The van der Waals surface area contributed by atoms with Crippen LogP contribution in [0.2, 0.25) is 0 Å². The van der Waals surface area contributed by atoms with Crippen LogP contribution in [0.5, 0.6) is 0 Å². The molecule has 16 heavy (non-hydrogen) atoms. The molecule has 0 bridgehead atoms. The minimum atomic E-state index is -4.29. The molecule has 0 atom stereocenters. The van der Waals surface area contributed by atoms with Crippen LogP contribution >= 0.6 is 0 Å². The van der Waals surface area contributed by atoms with Crippen LogP contribution in [0, 0.1) is 6.42 Å². The quantitative estimate of drug-likeness (QED) is 0.670. The molecule has 1 radical (unpaired) electrons. The SMILES string of the molecule is FC(F)(F)C1=C[CH]CC=C1c1ccccc1. The molecule has 0 aromatic heterocycles. The van der Waals surface area contributed by atoms with Gasteiger partial charge in [-0.2, -0.15) is 13.2 Å². The van der Waals surface area contributed by atoms with E-state index in [0.29, 0.717) is 12.0 Å². The van der Waals surface area contributed by atoms with E-state index in [9.17, 15) is 13.2 Å². The largest absolute Gasteiger partial charge is 0.416 e. The monoisotopic (exact) mass is 223 g/mol. The highest BCUT2D eigenvalue weighted by atomic mass is 19.4. The van der Waals surface area contributed by atoms with E-state index in [1.54, 1.807) is 36.4 Å². The van der Waals surface area contributed by atoms with Crippen LogP contribution in [0.25, 0.3) is 5.57 Å². The van der Waals surface area contributed by atoms with Crippen LogP contribution < -0.4 is 0 Å². The van der Waals surface area contributed by atoms with E-state index in [4.69, 9.17) is 0 Å². The summed E-state index contributed by atoms with van der Waals surface area (Å²) in [5.74, 6) is 0. The van der Waals surface area contributed by atoms with Gasteiger partial charge in [0.1, 0.15) is 0 Å². The third kappa shape index (κ3) is 2.18. The predicted octanol–water partition coefficient (Wildman–Crippen LogP) is 4.17. The van der Waals surface area contributed by atoms with Crippen molar-refractivity contribution in [3.63, 3.8) is 0 Å². The van der Waals surface area contributed by atoms with E-state index >= 15 is 0 Å². The first-order chi connectivity index (χ1) is 7.59. The average Bonchev–Trinajstić information content (AvgIpc) is 2.29. The van der Waals surface area contributed by atoms with Gasteiger partial charge in [-0.25, -0.2) is 0 Å². The lowest BCUT2D eigenvalue weighted by Gasteiger charge is -2.18. The van der Waals surface area contributed by atoms with E-state index in [2.05, 4.69) is 0 Å². The van der Waals surface area contributed by atoms with Crippen LogP contribution in [0.3, 0.4) is 0 Å². The van der Waals surface area contributed by atoms with Gasteiger partial charge in [0.25, 0.3) is 0 Å². The highest BCUT2D eigenvalue weighted by molar-refractivity contribution is 5.81. The zero-order chi connectivity index (χ0) is 11.6. The molecule has 0 nitrogen and oxygen atoms in total. The molecule has 83 valence electrons. The molecule has 1 aromatic carbocycles. The first-order valence-corrected chi connectivity index (χ1v) is 4.95. The number of allylic oxidation sites excluding steroid dienone is 4. The second kappa shape index (κ2) is 4.16. The Morgan fingerprint density at radius 3 is 2.31 bits per heavy atom. The van der Waals surface area contributed by atoms with Gasteiger partial charge in [0.05, 0.1) is 5.57 Å². The minimum absolute atomic E-state index is 0.274. The fraction of sp³-hybridized carbons (Fsp3) is 0.154. The zero-order valence-electron chi connectivity index (χ0n) is 8.46. The molecule has 0 saturated heterocycles. The van der Waals surface area contributed by atoms with Crippen molar-refractivity contribution in [2.45, 2.75) is 12.6 Å². The van der Waals surface area contributed by atoms with Crippen molar-refractivity contribution in [2.75, 3.05) is 0 Å². The number of benzene rings is 1. The summed E-state index contributed by atoms with van der Waals surface area (Å²) in [6.45, 7) is 0. The van der Waals surface area contributed by atoms with E-state index in [0.717, 1.165) is 6.08 Å². The molecule has 0 amide bonds. The molecule has 0 aliphatic heterocycles. The summed E-state index contributed by atoms with van der Waals surface area (Å²) in [4.78, 5) is 0. The smallest absolute Gasteiger partial charge is 0.166 e. The van der Waals surface area contributed by atoms with Crippen molar-refractivity contribution in [1.82, 2.24) is 0 Å². The van der Waals surface area contributed by atoms with Crippen molar-refractivity contribution in [3.8, 4) is 0 Å². The fourth-order valence-corrected chi connectivity index (χ4v) is 1.71. The topological polar surface area (TPSA) is 0 Å². The van der Waals surface area contributed by atoms with E-state index in [1.165, 1.54) is 6.42 Å². The molecule has 0 fully saturated rings. The van der Waals surface area contributed by atoms with Crippen molar-refractivity contribution < 1.29 is 13.2 Å².